The lowest BCUT2D eigenvalue weighted by molar-refractivity contribution is 0.0773. The van der Waals surface area contributed by atoms with Gasteiger partial charge in [0, 0.05) is 17.2 Å². The molecule has 0 fully saturated rings. The van der Waals surface area contributed by atoms with Crippen LogP contribution < -0.4 is 9.47 Å². The SMILES string of the molecule is CCc1c(OC)c(OC)cc(Cl)c1C(C)(C)O. The number of hydrogen-bond acceptors (Lipinski definition) is 3. The smallest absolute Gasteiger partial charge is 0.164 e. The fraction of sp³-hybridized carbons (Fsp3) is 0.538. The summed E-state index contributed by atoms with van der Waals surface area (Å²) in [4.78, 5) is 0. The van der Waals surface area contributed by atoms with Crippen LogP contribution in [-0.4, -0.2) is 19.3 Å². The number of halogens is 1. The van der Waals surface area contributed by atoms with E-state index in [1.807, 2.05) is 6.92 Å². The zero-order valence-electron chi connectivity index (χ0n) is 10.9. The first-order valence-electron chi connectivity index (χ1n) is 5.53. The van der Waals surface area contributed by atoms with Crippen LogP contribution >= 0.6 is 11.6 Å². The van der Waals surface area contributed by atoms with Crippen LogP contribution in [0.2, 0.25) is 5.02 Å². The van der Waals surface area contributed by atoms with Crippen LogP contribution in [0.3, 0.4) is 0 Å². The maximum Gasteiger partial charge on any atom is 0.164 e. The minimum Gasteiger partial charge on any atom is -0.493 e. The zero-order valence-corrected chi connectivity index (χ0v) is 11.7. The fourth-order valence-electron chi connectivity index (χ4n) is 2.03. The van der Waals surface area contributed by atoms with Crippen LogP contribution in [0.15, 0.2) is 6.07 Å². The molecule has 0 aliphatic heterocycles. The van der Waals surface area contributed by atoms with Crippen molar-refractivity contribution in [1.82, 2.24) is 0 Å². The Morgan fingerprint density at radius 1 is 1.29 bits per heavy atom. The summed E-state index contributed by atoms with van der Waals surface area (Å²) in [5.74, 6) is 1.22. The van der Waals surface area contributed by atoms with Gasteiger partial charge in [0.15, 0.2) is 11.5 Å². The van der Waals surface area contributed by atoms with Gasteiger partial charge in [0.05, 0.1) is 24.8 Å². The van der Waals surface area contributed by atoms with Gasteiger partial charge >= 0.3 is 0 Å². The third-order valence-electron chi connectivity index (χ3n) is 2.69. The first kappa shape index (κ1) is 14.1. The second kappa shape index (κ2) is 5.15. The summed E-state index contributed by atoms with van der Waals surface area (Å²) in [6.45, 7) is 5.40. The molecule has 17 heavy (non-hydrogen) atoms. The highest BCUT2D eigenvalue weighted by molar-refractivity contribution is 6.31. The van der Waals surface area contributed by atoms with Crippen LogP contribution in [0.1, 0.15) is 31.9 Å². The Morgan fingerprint density at radius 2 is 1.88 bits per heavy atom. The molecule has 0 heterocycles. The summed E-state index contributed by atoms with van der Waals surface area (Å²) in [5, 5.41) is 10.7. The molecular weight excluding hydrogens is 240 g/mol. The van der Waals surface area contributed by atoms with Crippen LogP contribution in [0.4, 0.5) is 0 Å². The van der Waals surface area contributed by atoms with Crippen molar-refractivity contribution >= 4 is 11.6 Å². The Labute approximate surface area is 107 Å². The van der Waals surface area contributed by atoms with Crippen molar-refractivity contribution in [1.29, 1.82) is 0 Å². The monoisotopic (exact) mass is 258 g/mol. The summed E-state index contributed by atoms with van der Waals surface area (Å²) in [6.07, 6.45) is 0.708. The van der Waals surface area contributed by atoms with E-state index in [0.29, 0.717) is 28.5 Å². The molecule has 0 radical (unpaired) electrons. The van der Waals surface area contributed by atoms with Gasteiger partial charge in [-0.3, -0.25) is 0 Å². The van der Waals surface area contributed by atoms with E-state index in [-0.39, 0.29) is 0 Å². The molecule has 0 aliphatic carbocycles. The Balaban J connectivity index is 3.61. The molecule has 0 aliphatic rings. The molecule has 1 rings (SSSR count). The van der Waals surface area contributed by atoms with E-state index < -0.39 is 5.60 Å². The van der Waals surface area contributed by atoms with Crippen molar-refractivity contribution in [3.05, 3.63) is 22.2 Å². The normalized spacial score (nSPS) is 11.5. The number of methoxy groups -OCH3 is 2. The van der Waals surface area contributed by atoms with E-state index >= 15 is 0 Å². The third-order valence-corrected chi connectivity index (χ3v) is 2.98. The summed E-state index contributed by atoms with van der Waals surface area (Å²) >= 11 is 6.21. The molecule has 1 aromatic rings. The summed E-state index contributed by atoms with van der Waals surface area (Å²) < 4.78 is 10.6. The lowest BCUT2D eigenvalue weighted by Gasteiger charge is -2.25. The van der Waals surface area contributed by atoms with Crippen molar-refractivity contribution in [2.45, 2.75) is 32.8 Å². The second-order valence-electron chi connectivity index (χ2n) is 4.36. The summed E-state index contributed by atoms with van der Waals surface area (Å²) in [7, 11) is 3.15. The van der Waals surface area contributed by atoms with Gasteiger partial charge in [-0.2, -0.15) is 0 Å². The molecule has 96 valence electrons. The Bertz CT molecular complexity index is 408. The Hall–Kier alpha value is -0.930. The summed E-state index contributed by atoms with van der Waals surface area (Å²) in [5.41, 5.74) is 0.561. The third kappa shape index (κ3) is 2.67. The minimum atomic E-state index is -1.01. The van der Waals surface area contributed by atoms with Crippen LogP contribution in [0, 0.1) is 0 Å². The number of rotatable bonds is 4. The highest BCUT2D eigenvalue weighted by Gasteiger charge is 2.27. The van der Waals surface area contributed by atoms with E-state index in [9.17, 15) is 5.11 Å². The van der Waals surface area contributed by atoms with Crippen molar-refractivity contribution < 1.29 is 14.6 Å². The van der Waals surface area contributed by atoms with Gasteiger partial charge in [0.2, 0.25) is 0 Å². The lowest BCUT2D eigenvalue weighted by Crippen LogP contribution is -2.19. The molecule has 0 bridgehead atoms. The van der Waals surface area contributed by atoms with Gasteiger partial charge in [-0.05, 0) is 20.3 Å². The minimum absolute atomic E-state index is 0.493. The first-order chi connectivity index (χ1) is 7.86. The molecule has 0 aromatic heterocycles. The molecule has 3 nitrogen and oxygen atoms in total. The molecule has 1 aromatic carbocycles. The average molecular weight is 259 g/mol. The average Bonchev–Trinajstić information content (AvgIpc) is 2.25. The highest BCUT2D eigenvalue weighted by atomic mass is 35.5. The van der Waals surface area contributed by atoms with Gasteiger partial charge in [0.1, 0.15) is 0 Å². The van der Waals surface area contributed by atoms with Gasteiger partial charge in [-0.25, -0.2) is 0 Å². The standard InChI is InChI=1S/C13H19ClO3/c1-6-8-11(13(2,3)15)9(14)7-10(16-4)12(8)17-5/h7,15H,6H2,1-5H3. The first-order valence-corrected chi connectivity index (χ1v) is 5.90. The van der Waals surface area contributed by atoms with Gasteiger partial charge < -0.3 is 14.6 Å². The number of aliphatic hydroxyl groups is 1. The Kier molecular flexibility index (Phi) is 4.28. The number of ether oxygens (including phenoxy) is 2. The molecule has 0 saturated carbocycles. The molecule has 4 heteroatoms. The van der Waals surface area contributed by atoms with Crippen molar-refractivity contribution in [3.63, 3.8) is 0 Å². The molecule has 0 amide bonds. The van der Waals surface area contributed by atoms with Crippen molar-refractivity contribution in [3.8, 4) is 11.5 Å². The van der Waals surface area contributed by atoms with Crippen LogP contribution in [-0.2, 0) is 12.0 Å². The highest BCUT2D eigenvalue weighted by Crippen LogP contribution is 2.42. The fourth-order valence-corrected chi connectivity index (χ4v) is 2.48. The van der Waals surface area contributed by atoms with E-state index in [4.69, 9.17) is 21.1 Å². The topological polar surface area (TPSA) is 38.7 Å². The van der Waals surface area contributed by atoms with Crippen molar-refractivity contribution in [2.75, 3.05) is 14.2 Å². The van der Waals surface area contributed by atoms with Gasteiger partial charge in [-0.1, -0.05) is 18.5 Å². The van der Waals surface area contributed by atoms with Crippen molar-refractivity contribution in [2.24, 2.45) is 0 Å². The van der Waals surface area contributed by atoms with Gasteiger partial charge in [-0.15, -0.1) is 0 Å². The lowest BCUT2D eigenvalue weighted by atomic mass is 9.91. The molecule has 0 saturated heterocycles. The molecule has 1 N–H and O–H groups in total. The van der Waals surface area contributed by atoms with E-state index in [1.54, 1.807) is 34.1 Å². The maximum absolute atomic E-state index is 10.2. The quantitative estimate of drug-likeness (QED) is 0.902. The predicted octanol–water partition coefficient (Wildman–Crippen LogP) is 3.15. The molecule has 0 unspecified atom stereocenters. The Morgan fingerprint density at radius 3 is 2.24 bits per heavy atom. The van der Waals surface area contributed by atoms with E-state index in [1.165, 1.54) is 0 Å². The largest absolute Gasteiger partial charge is 0.493 e. The van der Waals surface area contributed by atoms with Crippen LogP contribution in [0.5, 0.6) is 11.5 Å². The second-order valence-corrected chi connectivity index (χ2v) is 4.77. The predicted molar refractivity (Wildman–Crippen MR) is 69.2 cm³/mol. The zero-order chi connectivity index (χ0) is 13.2. The molecule has 0 spiro atoms. The molecule has 0 atom stereocenters. The van der Waals surface area contributed by atoms with Gasteiger partial charge in [0.25, 0.3) is 0 Å². The number of benzene rings is 1. The summed E-state index contributed by atoms with van der Waals surface area (Å²) in [6, 6.07) is 1.67. The van der Waals surface area contributed by atoms with E-state index in [0.717, 1.165) is 5.56 Å². The van der Waals surface area contributed by atoms with E-state index in [2.05, 4.69) is 0 Å². The number of hydrogen-bond donors (Lipinski definition) is 1. The maximum atomic E-state index is 10.2. The van der Waals surface area contributed by atoms with Crippen LogP contribution in [0.25, 0.3) is 0 Å². The molecular formula is C13H19ClO3.